The minimum Gasteiger partial charge on any atom is -0.378 e. The van der Waals surface area contributed by atoms with Gasteiger partial charge in [-0.15, -0.1) is 0 Å². The van der Waals surface area contributed by atoms with Gasteiger partial charge in [-0.1, -0.05) is 44.5 Å². The Morgan fingerprint density at radius 2 is 2.06 bits per heavy atom. The fourth-order valence-corrected chi connectivity index (χ4v) is 4.25. The Bertz CT molecular complexity index is 1110. The summed E-state index contributed by atoms with van der Waals surface area (Å²) in [5, 5.41) is 5.53. The molecule has 2 unspecified atom stereocenters. The number of amides is 2. The number of hydrogen-bond acceptors (Lipinski definition) is 3. The summed E-state index contributed by atoms with van der Waals surface area (Å²) < 4.78 is 0. The number of unbranched alkanes of at least 4 members (excludes halogenated alkanes) is 1. The van der Waals surface area contributed by atoms with Gasteiger partial charge in [0.2, 0.25) is 0 Å². The van der Waals surface area contributed by atoms with Gasteiger partial charge in [0.25, 0.3) is 0 Å². The number of hydrogen-bond donors (Lipinski definition) is 2. The van der Waals surface area contributed by atoms with E-state index in [1.165, 1.54) is 23.5 Å². The number of nitrogens with one attached hydrogen (secondary N) is 2. The van der Waals surface area contributed by atoms with Crippen LogP contribution in [0.1, 0.15) is 57.9 Å². The van der Waals surface area contributed by atoms with Gasteiger partial charge in [0, 0.05) is 41.8 Å². The number of H-pyrrole nitrogens is 1. The average Bonchev–Trinajstić information content (AvgIpc) is 3.30. The van der Waals surface area contributed by atoms with Crippen molar-refractivity contribution in [1.29, 1.82) is 0 Å². The zero-order valence-electron chi connectivity index (χ0n) is 20.5. The largest absolute Gasteiger partial charge is 0.378 e. The van der Waals surface area contributed by atoms with E-state index < -0.39 is 0 Å². The van der Waals surface area contributed by atoms with Gasteiger partial charge in [0.1, 0.15) is 0 Å². The smallest absolute Gasteiger partial charge is 0.350 e. The number of aromatic amines is 1. The summed E-state index contributed by atoms with van der Waals surface area (Å²) in [6, 6.07) is 15.2. The van der Waals surface area contributed by atoms with Crippen molar-refractivity contribution < 1.29 is 9.63 Å². The third kappa shape index (κ3) is 5.62. The molecule has 1 aromatic heterocycles. The van der Waals surface area contributed by atoms with E-state index in [4.69, 9.17) is 4.84 Å². The highest BCUT2D eigenvalue weighted by molar-refractivity contribution is 6.01. The highest BCUT2D eigenvalue weighted by atomic mass is 16.7. The molecule has 0 saturated carbocycles. The first-order chi connectivity index (χ1) is 16.6. The number of carbonyl (C=O) groups excluding carboxylic acids is 1. The lowest BCUT2D eigenvalue weighted by atomic mass is 9.93. The van der Waals surface area contributed by atoms with Crippen molar-refractivity contribution in [3.63, 3.8) is 0 Å². The summed E-state index contributed by atoms with van der Waals surface area (Å²) in [5.41, 5.74) is 3.79. The summed E-state index contributed by atoms with van der Waals surface area (Å²) in [6.45, 7) is 8.43. The monoisotopic (exact) mass is 460 g/mol. The number of aromatic nitrogens is 1. The maximum Gasteiger partial charge on any atom is 0.350 e. The Morgan fingerprint density at radius 1 is 1.24 bits per heavy atom. The molecule has 0 fully saturated rings. The number of anilines is 2. The SMILES string of the molecule is CCCCN1C=CC(c2c[nH]c3ccc(NC(=O)N(OC(C)CC)c4ccccc4)cc23)CC1. The second kappa shape index (κ2) is 11.3. The number of allylic oxidation sites excluding steroid dienone is 1. The topological polar surface area (TPSA) is 60.6 Å². The van der Waals surface area contributed by atoms with Crippen LogP contribution in [-0.2, 0) is 4.84 Å². The molecule has 34 heavy (non-hydrogen) atoms. The molecule has 0 saturated heterocycles. The van der Waals surface area contributed by atoms with Crippen LogP contribution in [0.4, 0.5) is 16.2 Å². The summed E-state index contributed by atoms with van der Waals surface area (Å²) in [6.07, 6.45) is 10.9. The first kappa shape index (κ1) is 23.9. The Hall–Kier alpha value is -3.25. The van der Waals surface area contributed by atoms with Crippen LogP contribution < -0.4 is 10.4 Å². The number of fused-ring (bicyclic) bond motifs is 1. The summed E-state index contributed by atoms with van der Waals surface area (Å²) >= 11 is 0. The molecule has 3 aromatic rings. The molecule has 2 amide bonds. The number of carbonyl (C=O) groups is 1. The Morgan fingerprint density at radius 3 is 2.76 bits per heavy atom. The minimum absolute atomic E-state index is 0.0836. The predicted octanol–water partition coefficient (Wildman–Crippen LogP) is 7.04. The highest BCUT2D eigenvalue weighted by Crippen LogP contribution is 2.33. The van der Waals surface area contributed by atoms with E-state index in [1.807, 2.05) is 56.3 Å². The molecule has 2 aromatic carbocycles. The Kier molecular flexibility index (Phi) is 7.91. The Labute approximate surface area is 202 Å². The zero-order valence-corrected chi connectivity index (χ0v) is 20.5. The molecule has 0 bridgehead atoms. The molecule has 2 N–H and O–H groups in total. The minimum atomic E-state index is -0.313. The van der Waals surface area contributed by atoms with Crippen molar-refractivity contribution in [1.82, 2.24) is 9.88 Å². The van der Waals surface area contributed by atoms with Gasteiger partial charge in [-0.05, 0) is 68.3 Å². The molecule has 4 rings (SSSR count). The third-order valence-corrected chi connectivity index (χ3v) is 6.46. The second-order valence-corrected chi connectivity index (χ2v) is 9.01. The fraction of sp³-hybridized carbons (Fsp3) is 0.393. The van der Waals surface area contributed by atoms with E-state index in [0.29, 0.717) is 11.6 Å². The number of urea groups is 1. The number of hydroxylamine groups is 1. The predicted molar refractivity (Wildman–Crippen MR) is 140 cm³/mol. The van der Waals surface area contributed by atoms with E-state index in [9.17, 15) is 4.79 Å². The summed E-state index contributed by atoms with van der Waals surface area (Å²) in [4.78, 5) is 25.0. The van der Waals surface area contributed by atoms with Crippen molar-refractivity contribution in [2.24, 2.45) is 0 Å². The number of para-hydroxylation sites is 1. The molecule has 6 nitrogen and oxygen atoms in total. The first-order valence-electron chi connectivity index (χ1n) is 12.4. The standard InChI is InChI=1S/C28H36N4O2/c1-4-6-16-31-17-14-22(15-18-31)26-20-29-27-13-12-23(19-25(26)27)30-28(33)32(34-21(3)5-2)24-10-8-7-9-11-24/h7-14,17,19-22,29H,4-6,15-16,18H2,1-3H3,(H,30,33). The van der Waals surface area contributed by atoms with E-state index in [2.05, 4.69) is 46.7 Å². The lowest BCUT2D eigenvalue weighted by Crippen LogP contribution is -2.37. The average molecular weight is 461 g/mol. The lowest BCUT2D eigenvalue weighted by molar-refractivity contribution is 0.0581. The molecule has 1 aliphatic heterocycles. The van der Waals surface area contributed by atoms with Crippen molar-refractivity contribution in [3.05, 3.63) is 72.6 Å². The molecular formula is C28H36N4O2. The van der Waals surface area contributed by atoms with Crippen LogP contribution in [0.3, 0.4) is 0 Å². The van der Waals surface area contributed by atoms with Crippen molar-refractivity contribution in [2.45, 2.75) is 58.5 Å². The van der Waals surface area contributed by atoms with E-state index in [-0.39, 0.29) is 12.1 Å². The van der Waals surface area contributed by atoms with E-state index in [1.54, 1.807) is 0 Å². The first-order valence-corrected chi connectivity index (χ1v) is 12.4. The number of benzene rings is 2. The molecule has 0 spiro atoms. The Balaban J connectivity index is 1.53. The molecule has 0 radical (unpaired) electrons. The second-order valence-electron chi connectivity index (χ2n) is 9.01. The highest BCUT2D eigenvalue weighted by Gasteiger charge is 2.21. The van der Waals surface area contributed by atoms with Crippen LogP contribution >= 0.6 is 0 Å². The normalized spacial score (nSPS) is 16.6. The van der Waals surface area contributed by atoms with Crippen molar-refractivity contribution in [2.75, 3.05) is 23.5 Å². The molecular weight excluding hydrogens is 424 g/mol. The van der Waals surface area contributed by atoms with Crippen LogP contribution in [0, 0.1) is 0 Å². The van der Waals surface area contributed by atoms with Gasteiger partial charge in [0.05, 0.1) is 11.8 Å². The van der Waals surface area contributed by atoms with Crippen molar-refractivity contribution in [3.8, 4) is 0 Å². The van der Waals surface area contributed by atoms with Gasteiger partial charge in [0.15, 0.2) is 0 Å². The number of nitrogens with zero attached hydrogens (tertiary/aromatic N) is 2. The van der Waals surface area contributed by atoms with Crippen LogP contribution in [0.25, 0.3) is 10.9 Å². The maximum absolute atomic E-state index is 13.2. The summed E-state index contributed by atoms with van der Waals surface area (Å²) in [7, 11) is 0. The van der Waals surface area contributed by atoms with Gasteiger partial charge in [-0.3, -0.25) is 4.84 Å². The van der Waals surface area contributed by atoms with Crippen molar-refractivity contribution >= 4 is 28.3 Å². The lowest BCUT2D eigenvalue weighted by Gasteiger charge is -2.27. The van der Waals surface area contributed by atoms with Gasteiger partial charge < -0.3 is 15.2 Å². The number of rotatable bonds is 9. The van der Waals surface area contributed by atoms with Gasteiger partial charge in [-0.25, -0.2) is 4.79 Å². The van der Waals surface area contributed by atoms with Crippen LogP contribution in [0.5, 0.6) is 0 Å². The molecule has 6 heteroatoms. The van der Waals surface area contributed by atoms with Gasteiger partial charge in [-0.2, -0.15) is 5.06 Å². The van der Waals surface area contributed by atoms with Crippen LogP contribution in [0.2, 0.25) is 0 Å². The third-order valence-electron chi connectivity index (χ3n) is 6.46. The fourth-order valence-electron chi connectivity index (χ4n) is 4.25. The summed E-state index contributed by atoms with van der Waals surface area (Å²) in [5.74, 6) is 0.368. The van der Waals surface area contributed by atoms with Crippen LogP contribution in [0.15, 0.2) is 67.0 Å². The van der Waals surface area contributed by atoms with E-state index >= 15 is 0 Å². The van der Waals surface area contributed by atoms with E-state index in [0.717, 1.165) is 42.5 Å². The molecule has 180 valence electrons. The molecule has 1 aliphatic rings. The van der Waals surface area contributed by atoms with Gasteiger partial charge >= 0.3 is 6.03 Å². The maximum atomic E-state index is 13.2. The molecule has 0 aliphatic carbocycles. The van der Waals surface area contributed by atoms with Crippen LogP contribution in [-0.4, -0.2) is 35.1 Å². The quantitative estimate of drug-likeness (QED) is 0.337. The zero-order chi connectivity index (χ0) is 23.9. The molecule has 2 atom stereocenters. The molecule has 2 heterocycles.